The van der Waals surface area contributed by atoms with E-state index in [-0.39, 0.29) is 23.5 Å². The monoisotopic (exact) mass is 361 g/mol. The number of para-hydroxylation sites is 1. The highest BCUT2D eigenvalue weighted by molar-refractivity contribution is 6.14. The number of fused-ring (bicyclic) bond motifs is 2. The number of hydrogen-bond acceptors (Lipinski definition) is 3. The zero-order chi connectivity index (χ0) is 19.0. The van der Waals surface area contributed by atoms with Gasteiger partial charge in [-0.15, -0.1) is 0 Å². The van der Waals surface area contributed by atoms with E-state index in [9.17, 15) is 19.5 Å². The van der Waals surface area contributed by atoms with E-state index < -0.39 is 17.8 Å². The number of carbonyl (C=O) groups excluding carboxylic acids is 2. The van der Waals surface area contributed by atoms with Crippen molar-refractivity contribution in [1.82, 2.24) is 0 Å². The molecule has 1 amide bonds. The smallest absolute Gasteiger partial charge is 0.307 e. The van der Waals surface area contributed by atoms with Gasteiger partial charge in [-0.05, 0) is 30.4 Å². The highest BCUT2D eigenvalue weighted by Crippen LogP contribution is 2.48. The third kappa shape index (κ3) is 3.05. The summed E-state index contributed by atoms with van der Waals surface area (Å²) in [6.45, 7) is 0. The van der Waals surface area contributed by atoms with Gasteiger partial charge < -0.3 is 10.4 Å². The highest BCUT2D eigenvalue weighted by Gasteiger charge is 2.51. The maximum absolute atomic E-state index is 12.9. The number of anilines is 1. The normalized spacial score (nSPS) is 25.3. The summed E-state index contributed by atoms with van der Waals surface area (Å²) < 4.78 is 0. The molecule has 0 heterocycles. The molecule has 5 heteroatoms. The van der Waals surface area contributed by atoms with Crippen LogP contribution in [-0.2, 0) is 9.59 Å². The quantitative estimate of drug-likeness (QED) is 0.632. The van der Waals surface area contributed by atoms with Crippen LogP contribution in [0, 0.1) is 23.7 Å². The Morgan fingerprint density at radius 2 is 1.48 bits per heavy atom. The number of ketones is 1. The second-order valence-electron chi connectivity index (χ2n) is 7.07. The van der Waals surface area contributed by atoms with Gasteiger partial charge in [0.25, 0.3) is 0 Å². The molecule has 2 aromatic rings. The SMILES string of the molecule is O=C(c1ccccc1)c1ccccc1NC(=O)[C@@H]1[C@@H](C(=O)O)[C@H]2C=C[C@H]1C2. The number of aliphatic carboxylic acids is 1. The Hall–Kier alpha value is -3.21. The van der Waals surface area contributed by atoms with E-state index in [4.69, 9.17) is 0 Å². The lowest BCUT2D eigenvalue weighted by molar-refractivity contribution is -0.146. The number of hydrogen-bond donors (Lipinski definition) is 2. The van der Waals surface area contributed by atoms with E-state index in [0.717, 1.165) is 0 Å². The Bertz CT molecular complexity index is 934. The van der Waals surface area contributed by atoms with Crippen LogP contribution in [0.3, 0.4) is 0 Å². The number of amides is 1. The summed E-state index contributed by atoms with van der Waals surface area (Å²) in [5.74, 6) is -2.95. The van der Waals surface area contributed by atoms with Crippen molar-refractivity contribution in [3.63, 3.8) is 0 Å². The molecule has 0 saturated heterocycles. The molecular formula is C22H19NO4. The molecule has 1 saturated carbocycles. The van der Waals surface area contributed by atoms with E-state index >= 15 is 0 Å². The maximum Gasteiger partial charge on any atom is 0.307 e. The van der Waals surface area contributed by atoms with Crippen LogP contribution in [0.1, 0.15) is 22.3 Å². The number of rotatable bonds is 5. The highest BCUT2D eigenvalue weighted by atomic mass is 16.4. The molecule has 2 bridgehead atoms. The van der Waals surface area contributed by atoms with Crippen molar-refractivity contribution in [2.75, 3.05) is 5.32 Å². The fourth-order valence-corrected chi connectivity index (χ4v) is 4.27. The third-order valence-corrected chi connectivity index (χ3v) is 5.51. The lowest BCUT2D eigenvalue weighted by atomic mass is 9.82. The summed E-state index contributed by atoms with van der Waals surface area (Å²) in [6.07, 6.45) is 4.54. The first-order valence-electron chi connectivity index (χ1n) is 8.97. The van der Waals surface area contributed by atoms with E-state index in [0.29, 0.717) is 23.2 Å². The minimum absolute atomic E-state index is 0.0620. The fourth-order valence-electron chi connectivity index (χ4n) is 4.27. The lowest BCUT2D eigenvalue weighted by Crippen LogP contribution is -2.36. The average Bonchev–Trinajstić information content (AvgIpc) is 3.30. The number of benzene rings is 2. The third-order valence-electron chi connectivity index (χ3n) is 5.51. The summed E-state index contributed by atoms with van der Waals surface area (Å²) in [6, 6.07) is 15.7. The first-order valence-corrected chi connectivity index (χ1v) is 8.97. The average molecular weight is 361 g/mol. The Morgan fingerprint density at radius 1 is 0.852 bits per heavy atom. The minimum Gasteiger partial charge on any atom is -0.481 e. The van der Waals surface area contributed by atoms with Crippen LogP contribution in [0.2, 0.25) is 0 Å². The molecule has 5 nitrogen and oxygen atoms in total. The summed E-state index contributed by atoms with van der Waals surface area (Å²) in [7, 11) is 0. The van der Waals surface area contributed by atoms with Gasteiger partial charge in [0.15, 0.2) is 5.78 Å². The predicted molar refractivity (Wildman–Crippen MR) is 100 cm³/mol. The van der Waals surface area contributed by atoms with E-state index in [1.807, 2.05) is 18.2 Å². The number of allylic oxidation sites excluding steroid dienone is 2. The number of carboxylic acids is 1. The summed E-state index contributed by atoms with van der Waals surface area (Å²) >= 11 is 0. The number of carboxylic acid groups (broad SMARTS) is 1. The van der Waals surface area contributed by atoms with Gasteiger partial charge in [0, 0.05) is 11.1 Å². The van der Waals surface area contributed by atoms with Gasteiger partial charge in [-0.3, -0.25) is 14.4 Å². The molecule has 2 aromatic carbocycles. The Morgan fingerprint density at radius 3 is 2.19 bits per heavy atom. The van der Waals surface area contributed by atoms with E-state index in [1.54, 1.807) is 48.5 Å². The first kappa shape index (κ1) is 17.2. The Labute approximate surface area is 156 Å². The van der Waals surface area contributed by atoms with Gasteiger partial charge >= 0.3 is 5.97 Å². The molecule has 1 fully saturated rings. The molecule has 0 aromatic heterocycles. The molecule has 0 spiro atoms. The van der Waals surface area contributed by atoms with Crippen molar-refractivity contribution in [3.05, 3.63) is 77.9 Å². The molecule has 0 unspecified atom stereocenters. The van der Waals surface area contributed by atoms with Crippen LogP contribution in [0.25, 0.3) is 0 Å². The molecule has 0 aliphatic heterocycles. The van der Waals surface area contributed by atoms with Gasteiger partial charge in [-0.25, -0.2) is 0 Å². The number of carbonyl (C=O) groups is 3. The molecule has 136 valence electrons. The van der Waals surface area contributed by atoms with Crippen molar-refractivity contribution in [1.29, 1.82) is 0 Å². The lowest BCUT2D eigenvalue weighted by Gasteiger charge is -2.24. The van der Waals surface area contributed by atoms with Gasteiger partial charge in [0.05, 0.1) is 17.5 Å². The molecule has 4 atom stereocenters. The summed E-state index contributed by atoms with van der Waals surface area (Å²) in [5, 5.41) is 12.4. The van der Waals surface area contributed by atoms with Crippen LogP contribution in [-0.4, -0.2) is 22.8 Å². The molecule has 2 N–H and O–H groups in total. The summed E-state index contributed by atoms with van der Waals surface area (Å²) in [5.41, 5.74) is 1.33. The molecule has 2 aliphatic rings. The fraction of sp³-hybridized carbons (Fsp3) is 0.227. The standard InChI is InChI=1S/C22H19NO4/c24-20(13-6-2-1-3-7-13)16-8-4-5-9-17(16)23-21(25)18-14-10-11-15(12-14)19(18)22(26)27/h1-11,14-15,18-19H,12H2,(H,23,25)(H,26,27)/t14-,15-,18-,19-/m0/s1. The zero-order valence-corrected chi connectivity index (χ0v) is 14.5. The van der Waals surface area contributed by atoms with Crippen molar-refractivity contribution in [2.24, 2.45) is 23.7 Å². The molecular weight excluding hydrogens is 342 g/mol. The van der Waals surface area contributed by atoms with Gasteiger partial charge in [-0.2, -0.15) is 0 Å². The van der Waals surface area contributed by atoms with Crippen LogP contribution in [0.5, 0.6) is 0 Å². The Balaban J connectivity index is 1.60. The molecule has 27 heavy (non-hydrogen) atoms. The first-order chi connectivity index (χ1) is 13.1. The van der Waals surface area contributed by atoms with Crippen LogP contribution >= 0.6 is 0 Å². The zero-order valence-electron chi connectivity index (χ0n) is 14.5. The molecule has 0 radical (unpaired) electrons. The van der Waals surface area contributed by atoms with E-state index in [1.165, 1.54) is 0 Å². The predicted octanol–water partition coefficient (Wildman–Crippen LogP) is 3.38. The van der Waals surface area contributed by atoms with Gasteiger partial charge in [0.2, 0.25) is 5.91 Å². The van der Waals surface area contributed by atoms with Crippen molar-refractivity contribution < 1.29 is 19.5 Å². The summed E-state index contributed by atoms with van der Waals surface area (Å²) in [4.78, 5) is 37.4. The molecule has 2 aliphatic carbocycles. The second-order valence-corrected chi connectivity index (χ2v) is 7.07. The van der Waals surface area contributed by atoms with E-state index in [2.05, 4.69) is 5.32 Å². The van der Waals surface area contributed by atoms with Crippen LogP contribution in [0.4, 0.5) is 5.69 Å². The second kappa shape index (κ2) is 6.83. The number of nitrogens with one attached hydrogen (secondary N) is 1. The largest absolute Gasteiger partial charge is 0.481 e. The van der Waals surface area contributed by atoms with Gasteiger partial charge in [-0.1, -0.05) is 54.6 Å². The van der Waals surface area contributed by atoms with Crippen molar-refractivity contribution in [3.8, 4) is 0 Å². The van der Waals surface area contributed by atoms with Crippen LogP contribution < -0.4 is 5.32 Å². The Kier molecular flexibility index (Phi) is 4.36. The van der Waals surface area contributed by atoms with Crippen LogP contribution in [0.15, 0.2) is 66.7 Å². The minimum atomic E-state index is -0.944. The van der Waals surface area contributed by atoms with Crippen molar-refractivity contribution in [2.45, 2.75) is 6.42 Å². The topological polar surface area (TPSA) is 83.5 Å². The van der Waals surface area contributed by atoms with Gasteiger partial charge in [0.1, 0.15) is 0 Å². The van der Waals surface area contributed by atoms with Crippen molar-refractivity contribution >= 4 is 23.3 Å². The maximum atomic E-state index is 12.9. The molecule has 4 rings (SSSR count).